The lowest BCUT2D eigenvalue weighted by atomic mass is 10.2. The van der Waals surface area contributed by atoms with Gasteiger partial charge in [-0.05, 0) is 18.7 Å². The molecule has 2 aromatic rings. The summed E-state index contributed by atoms with van der Waals surface area (Å²) in [5.74, 6) is 0.924. The van der Waals surface area contributed by atoms with Crippen molar-refractivity contribution in [2.24, 2.45) is 5.73 Å². The predicted octanol–water partition coefficient (Wildman–Crippen LogP) is 1.11. The molecule has 5 heteroatoms. The van der Waals surface area contributed by atoms with Gasteiger partial charge in [0.2, 0.25) is 0 Å². The van der Waals surface area contributed by atoms with Crippen molar-refractivity contribution in [3.05, 3.63) is 35.9 Å². The average Bonchev–Trinajstić information content (AvgIpc) is 2.67. The zero-order valence-electron chi connectivity index (χ0n) is 8.07. The summed E-state index contributed by atoms with van der Waals surface area (Å²) in [5.41, 5.74) is 6.05. The minimum Gasteiger partial charge on any atom is -0.330 e. The summed E-state index contributed by atoms with van der Waals surface area (Å²) in [6, 6.07) is 6.18. The van der Waals surface area contributed by atoms with E-state index in [1.165, 1.54) is 12.1 Å². The van der Waals surface area contributed by atoms with E-state index >= 15 is 0 Å². The van der Waals surface area contributed by atoms with Crippen LogP contribution in [0.4, 0.5) is 4.39 Å². The molecule has 3 N–H and O–H groups in total. The van der Waals surface area contributed by atoms with Crippen LogP contribution in [0.3, 0.4) is 0 Å². The molecule has 0 bridgehead atoms. The van der Waals surface area contributed by atoms with Crippen LogP contribution in [0.25, 0.3) is 11.4 Å². The molecule has 4 nitrogen and oxygen atoms in total. The number of hydrogen-bond donors (Lipinski definition) is 2. The molecule has 0 amide bonds. The van der Waals surface area contributed by atoms with E-state index in [-0.39, 0.29) is 5.82 Å². The fraction of sp³-hybridized carbons (Fsp3) is 0.200. The van der Waals surface area contributed by atoms with Crippen molar-refractivity contribution >= 4 is 0 Å². The Balaban J connectivity index is 2.29. The normalized spacial score (nSPS) is 10.5. The van der Waals surface area contributed by atoms with Crippen molar-refractivity contribution < 1.29 is 4.39 Å². The second-order valence-electron chi connectivity index (χ2n) is 3.15. The van der Waals surface area contributed by atoms with Crippen molar-refractivity contribution in [2.45, 2.75) is 6.42 Å². The highest BCUT2D eigenvalue weighted by Crippen LogP contribution is 2.15. The maximum Gasteiger partial charge on any atom is 0.181 e. The number of nitrogens with zero attached hydrogens (tertiary/aromatic N) is 2. The zero-order chi connectivity index (χ0) is 10.7. The number of halogens is 1. The van der Waals surface area contributed by atoms with Gasteiger partial charge in [-0.3, -0.25) is 5.10 Å². The fourth-order valence-electron chi connectivity index (χ4n) is 1.30. The number of aromatic amines is 1. The highest BCUT2D eigenvalue weighted by atomic mass is 19.1. The van der Waals surface area contributed by atoms with Gasteiger partial charge in [-0.1, -0.05) is 12.1 Å². The van der Waals surface area contributed by atoms with Crippen molar-refractivity contribution in [1.82, 2.24) is 15.2 Å². The maximum absolute atomic E-state index is 12.9. The van der Waals surface area contributed by atoms with Gasteiger partial charge < -0.3 is 5.73 Å². The molecule has 0 aliphatic heterocycles. The van der Waals surface area contributed by atoms with Crippen LogP contribution in [0.5, 0.6) is 0 Å². The number of nitrogens with one attached hydrogen (secondary N) is 1. The molecule has 0 unspecified atom stereocenters. The Morgan fingerprint density at radius 2 is 2.27 bits per heavy atom. The van der Waals surface area contributed by atoms with Crippen LogP contribution in [0.15, 0.2) is 24.3 Å². The topological polar surface area (TPSA) is 67.6 Å². The van der Waals surface area contributed by atoms with Gasteiger partial charge in [0.25, 0.3) is 0 Å². The van der Waals surface area contributed by atoms with Crippen LogP contribution in [0.2, 0.25) is 0 Å². The van der Waals surface area contributed by atoms with E-state index in [0.29, 0.717) is 24.4 Å². The average molecular weight is 206 g/mol. The quantitative estimate of drug-likeness (QED) is 0.790. The summed E-state index contributed by atoms with van der Waals surface area (Å²) in [6.07, 6.45) is 0.641. The van der Waals surface area contributed by atoms with E-state index in [1.54, 1.807) is 12.1 Å². The molecule has 0 aliphatic carbocycles. The van der Waals surface area contributed by atoms with E-state index < -0.39 is 0 Å². The monoisotopic (exact) mass is 206 g/mol. The van der Waals surface area contributed by atoms with Gasteiger partial charge in [0.15, 0.2) is 5.82 Å². The fourth-order valence-corrected chi connectivity index (χ4v) is 1.30. The number of H-pyrrole nitrogens is 1. The van der Waals surface area contributed by atoms with Crippen LogP contribution in [0, 0.1) is 5.82 Å². The van der Waals surface area contributed by atoms with Crippen molar-refractivity contribution in [1.29, 1.82) is 0 Å². The Morgan fingerprint density at radius 3 is 3.00 bits per heavy atom. The molecule has 1 heterocycles. The standard InChI is InChI=1S/C10H11FN4/c11-8-3-1-2-7(6-8)10-13-9(4-5-12)14-15-10/h1-3,6H,4-5,12H2,(H,13,14,15). The third kappa shape index (κ3) is 2.19. The smallest absolute Gasteiger partial charge is 0.181 e. The molecule has 1 aromatic heterocycles. The highest BCUT2D eigenvalue weighted by molar-refractivity contribution is 5.54. The Hall–Kier alpha value is -1.75. The first kappa shape index (κ1) is 9.79. The van der Waals surface area contributed by atoms with Gasteiger partial charge in [-0.15, -0.1) is 0 Å². The molecule has 1 aromatic carbocycles. The number of rotatable bonds is 3. The van der Waals surface area contributed by atoms with Crippen LogP contribution in [0.1, 0.15) is 5.82 Å². The third-order valence-electron chi connectivity index (χ3n) is 2.00. The zero-order valence-corrected chi connectivity index (χ0v) is 8.07. The number of hydrogen-bond acceptors (Lipinski definition) is 3. The van der Waals surface area contributed by atoms with E-state index in [9.17, 15) is 4.39 Å². The summed E-state index contributed by atoms with van der Waals surface area (Å²) in [4.78, 5) is 4.20. The van der Waals surface area contributed by atoms with Gasteiger partial charge in [0.1, 0.15) is 11.6 Å². The maximum atomic E-state index is 12.9. The van der Waals surface area contributed by atoms with Crippen LogP contribution >= 0.6 is 0 Å². The first-order chi connectivity index (χ1) is 7.29. The predicted molar refractivity (Wildman–Crippen MR) is 54.5 cm³/mol. The largest absolute Gasteiger partial charge is 0.330 e. The summed E-state index contributed by atoms with van der Waals surface area (Å²) in [6.45, 7) is 0.512. The van der Waals surface area contributed by atoms with Crippen LogP contribution < -0.4 is 5.73 Å². The lowest BCUT2D eigenvalue weighted by Gasteiger charge is -1.93. The molecule has 0 radical (unpaired) electrons. The second-order valence-corrected chi connectivity index (χ2v) is 3.15. The lowest BCUT2D eigenvalue weighted by molar-refractivity contribution is 0.628. The van der Waals surface area contributed by atoms with Gasteiger partial charge in [0, 0.05) is 12.0 Å². The Labute approximate surface area is 86.3 Å². The van der Waals surface area contributed by atoms with Gasteiger partial charge in [-0.2, -0.15) is 5.10 Å². The SMILES string of the molecule is NCCc1nc(-c2cccc(F)c2)n[nH]1. The Bertz CT molecular complexity index is 452. The van der Waals surface area contributed by atoms with Gasteiger partial charge >= 0.3 is 0 Å². The molecule has 0 saturated carbocycles. The highest BCUT2D eigenvalue weighted by Gasteiger charge is 2.05. The van der Waals surface area contributed by atoms with Crippen LogP contribution in [-0.4, -0.2) is 21.7 Å². The van der Waals surface area contributed by atoms with E-state index in [0.717, 1.165) is 5.82 Å². The summed E-state index contributed by atoms with van der Waals surface area (Å²) >= 11 is 0. The number of nitrogens with two attached hydrogens (primary N) is 1. The Morgan fingerprint density at radius 1 is 1.40 bits per heavy atom. The van der Waals surface area contributed by atoms with E-state index in [4.69, 9.17) is 5.73 Å². The van der Waals surface area contributed by atoms with E-state index in [2.05, 4.69) is 15.2 Å². The molecule has 0 atom stereocenters. The lowest BCUT2D eigenvalue weighted by Crippen LogP contribution is -2.03. The first-order valence-corrected chi connectivity index (χ1v) is 4.67. The molecular formula is C10H11FN4. The van der Waals surface area contributed by atoms with Crippen LogP contribution in [-0.2, 0) is 6.42 Å². The third-order valence-corrected chi connectivity index (χ3v) is 2.00. The van der Waals surface area contributed by atoms with Gasteiger partial charge in [0.05, 0.1) is 0 Å². The molecular weight excluding hydrogens is 195 g/mol. The number of aromatic nitrogens is 3. The Kier molecular flexibility index (Phi) is 2.73. The summed E-state index contributed by atoms with van der Waals surface area (Å²) in [7, 11) is 0. The minimum absolute atomic E-state index is 0.294. The van der Waals surface area contributed by atoms with Crippen molar-refractivity contribution in [2.75, 3.05) is 6.54 Å². The van der Waals surface area contributed by atoms with Gasteiger partial charge in [-0.25, -0.2) is 9.37 Å². The summed E-state index contributed by atoms with van der Waals surface area (Å²) < 4.78 is 12.9. The summed E-state index contributed by atoms with van der Waals surface area (Å²) in [5, 5.41) is 6.75. The molecule has 78 valence electrons. The van der Waals surface area contributed by atoms with Crippen molar-refractivity contribution in [3.63, 3.8) is 0 Å². The van der Waals surface area contributed by atoms with Crippen molar-refractivity contribution in [3.8, 4) is 11.4 Å². The molecule has 0 aliphatic rings. The minimum atomic E-state index is -0.294. The number of benzene rings is 1. The molecule has 15 heavy (non-hydrogen) atoms. The second kappa shape index (κ2) is 4.18. The molecule has 0 saturated heterocycles. The first-order valence-electron chi connectivity index (χ1n) is 4.67. The molecule has 0 fully saturated rings. The molecule has 2 rings (SSSR count). The van der Waals surface area contributed by atoms with E-state index in [1.807, 2.05) is 0 Å². The molecule has 0 spiro atoms.